The molecule has 15 heavy (non-hydrogen) atoms. The third kappa shape index (κ3) is 13.7. The molecule has 0 aromatic heterocycles. The van der Waals surface area contributed by atoms with Crippen LogP contribution in [0.3, 0.4) is 0 Å². The first-order valence-electron chi connectivity index (χ1n) is 6.77. The van der Waals surface area contributed by atoms with Gasteiger partial charge in [0.1, 0.15) is 0 Å². The lowest BCUT2D eigenvalue weighted by atomic mass is 10.1. The molecule has 0 aliphatic heterocycles. The van der Waals surface area contributed by atoms with Crippen molar-refractivity contribution >= 4 is 0 Å². The van der Waals surface area contributed by atoms with Crippen molar-refractivity contribution < 1.29 is 0 Å². The van der Waals surface area contributed by atoms with Crippen molar-refractivity contribution in [1.29, 1.82) is 0 Å². The van der Waals surface area contributed by atoms with Gasteiger partial charge in [-0.3, -0.25) is 0 Å². The van der Waals surface area contributed by atoms with Gasteiger partial charge in [0.15, 0.2) is 0 Å². The lowest BCUT2D eigenvalue weighted by molar-refractivity contribution is 0.566. The Kier molecular flexibility index (Phi) is 13.4. The van der Waals surface area contributed by atoms with Crippen LogP contribution < -0.4 is 5.73 Å². The maximum Gasteiger partial charge on any atom is 0.0106 e. The monoisotopic (exact) mass is 211 g/mol. The smallest absolute Gasteiger partial charge is 0.0106 e. The van der Waals surface area contributed by atoms with Gasteiger partial charge in [-0.2, -0.15) is 0 Å². The molecule has 0 aromatic carbocycles. The molecular formula is C14H29N. The Labute approximate surface area is 96.1 Å². The molecule has 0 atom stereocenters. The minimum Gasteiger partial charge on any atom is -0.327 e. The summed E-state index contributed by atoms with van der Waals surface area (Å²) < 4.78 is 0. The van der Waals surface area contributed by atoms with Gasteiger partial charge in [-0.05, 0) is 12.8 Å². The molecule has 0 unspecified atom stereocenters. The van der Waals surface area contributed by atoms with E-state index >= 15 is 0 Å². The highest BCUT2D eigenvalue weighted by Crippen LogP contribution is 2.10. The average Bonchev–Trinajstić information content (AvgIpc) is 2.26. The van der Waals surface area contributed by atoms with E-state index in [4.69, 9.17) is 5.73 Å². The van der Waals surface area contributed by atoms with Crippen molar-refractivity contribution in [3.05, 3.63) is 12.2 Å². The standard InChI is InChI=1S/C14H29N/c1-2-3-4-5-6-7-8-9-10-11-12-13-14-15/h12-13H,2-11,14-15H2,1H3/b13-12+. The predicted molar refractivity (Wildman–Crippen MR) is 70.0 cm³/mol. The Morgan fingerprint density at radius 3 is 1.80 bits per heavy atom. The highest BCUT2D eigenvalue weighted by molar-refractivity contribution is 4.81. The second-order valence-corrected chi connectivity index (χ2v) is 4.32. The zero-order valence-corrected chi connectivity index (χ0v) is 10.5. The van der Waals surface area contributed by atoms with Crippen LogP contribution in [0.15, 0.2) is 12.2 Å². The van der Waals surface area contributed by atoms with E-state index in [2.05, 4.69) is 19.1 Å². The first-order valence-corrected chi connectivity index (χ1v) is 6.77. The molecule has 0 bridgehead atoms. The molecule has 0 aliphatic carbocycles. The Balaban J connectivity index is 2.89. The molecule has 0 aromatic rings. The summed E-state index contributed by atoms with van der Waals surface area (Å²) in [6.07, 6.45) is 18.2. The summed E-state index contributed by atoms with van der Waals surface area (Å²) in [6.45, 7) is 2.96. The minimum atomic E-state index is 0.692. The van der Waals surface area contributed by atoms with Crippen LogP contribution >= 0.6 is 0 Å². The van der Waals surface area contributed by atoms with Crippen molar-refractivity contribution in [3.8, 4) is 0 Å². The average molecular weight is 211 g/mol. The molecular weight excluding hydrogens is 182 g/mol. The van der Waals surface area contributed by atoms with Crippen molar-refractivity contribution in [2.24, 2.45) is 5.73 Å². The zero-order chi connectivity index (χ0) is 11.2. The van der Waals surface area contributed by atoms with Crippen molar-refractivity contribution in [1.82, 2.24) is 0 Å². The third-order valence-electron chi connectivity index (χ3n) is 2.78. The van der Waals surface area contributed by atoms with Gasteiger partial charge >= 0.3 is 0 Å². The summed E-state index contributed by atoms with van der Waals surface area (Å²) in [4.78, 5) is 0. The van der Waals surface area contributed by atoms with Gasteiger partial charge in [0.2, 0.25) is 0 Å². The number of hydrogen-bond acceptors (Lipinski definition) is 1. The van der Waals surface area contributed by atoms with Crippen LogP contribution in [0.25, 0.3) is 0 Å². The van der Waals surface area contributed by atoms with Gasteiger partial charge in [0, 0.05) is 6.54 Å². The lowest BCUT2D eigenvalue weighted by Gasteiger charge is -2.00. The molecule has 0 spiro atoms. The van der Waals surface area contributed by atoms with E-state index in [1.807, 2.05) is 0 Å². The maximum absolute atomic E-state index is 5.36. The molecule has 1 nitrogen and oxygen atoms in total. The summed E-state index contributed by atoms with van der Waals surface area (Å²) in [6, 6.07) is 0. The topological polar surface area (TPSA) is 26.0 Å². The van der Waals surface area contributed by atoms with Gasteiger partial charge < -0.3 is 5.73 Å². The van der Waals surface area contributed by atoms with Crippen LogP contribution in [0, 0.1) is 0 Å². The van der Waals surface area contributed by atoms with Crippen LogP contribution in [0.5, 0.6) is 0 Å². The Morgan fingerprint density at radius 1 is 0.733 bits per heavy atom. The van der Waals surface area contributed by atoms with Crippen LogP contribution in [0.2, 0.25) is 0 Å². The number of allylic oxidation sites excluding steroid dienone is 1. The predicted octanol–water partition coefficient (Wildman–Crippen LogP) is 4.42. The van der Waals surface area contributed by atoms with Gasteiger partial charge in [0.25, 0.3) is 0 Å². The first kappa shape index (κ1) is 14.7. The van der Waals surface area contributed by atoms with Crippen molar-refractivity contribution in [3.63, 3.8) is 0 Å². The highest BCUT2D eigenvalue weighted by Gasteiger charge is 1.90. The molecule has 0 aliphatic rings. The van der Waals surface area contributed by atoms with Gasteiger partial charge in [-0.1, -0.05) is 70.4 Å². The third-order valence-corrected chi connectivity index (χ3v) is 2.78. The molecule has 0 rings (SSSR count). The number of hydrogen-bond donors (Lipinski definition) is 1. The van der Waals surface area contributed by atoms with Gasteiger partial charge in [0.05, 0.1) is 0 Å². The van der Waals surface area contributed by atoms with Crippen LogP contribution in [0.4, 0.5) is 0 Å². The normalized spacial score (nSPS) is 11.3. The van der Waals surface area contributed by atoms with E-state index in [1.54, 1.807) is 0 Å². The number of rotatable bonds is 11. The van der Waals surface area contributed by atoms with Crippen molar-refractivity contribution in [2.45, 2.75) is 71.1 Å². The molecule has 0 amide bonds. The van der Waals surface area contributed by atoms with Crippen LogP contribution in [0.1, 0.15) is 71.1 Å². The SMILES string of the molecule is CCCCCCCCCCC/C=C/CN. The fourth-order valence-electron chi connectivity index (χ4n) is 1.79. The van der Waals surface area contributed by atoms with Crippen molar-refractivity contribution in [2.75, 3.05) is 6.54 Å². The summed E-state index contributed by atoms with van der Waals surface area (Å²) >= 11 is 0. The molecule has 0 radical (unpaired) electrons. The summed E-state index contributed by atoms with van der Waals surface area (Å²) in [5.41, 5.74) is 5.36. The molecule has 0 saturated carbocycles. The van der Waals surface area contributed by atoms with E-state index in [9.17, 15) is 0 Å². The quantitative estimate of drug-likeness (QED) is 0.397. The number of unbranched alkanes of at least 4 members (excludes halogenated alkanes) is 9. The van der Waals surface area contributed by atoms with Crippen LogP contribution in [-0.2, 0) is 0 Å². The van der Waals surface area contributed by atoms with E-state index in [0.717, 1.165) is 0 Å². The maximum atomic E-state index is 5.36. The van der Waals surface area contributed by atoms with E-state index in [0.29, 0.717) is 6.54 Å². The lowest BCUT2D eigenvalue weighted by Crippen LogP contribution is -1.91. The summed E-state index contributed by atoms with van der Waals surface area (Å²) in [5.74, 6) is 0. The summed E-state index contributed by atoms with van der Waals surface area (Å²) in [7, 11) is 0. The minimum absolute atomic E-state index is 0.692. The molecule has 90 valence electrons. The fraction of sp³-hybridized carbons (Fsp3) is 0.857. The molecule has 0 fully saturated rings. The highest BCUT2D eigenvalue weighted by atomic mass is 14.5. The largest absolute Gasteiger partial charge is 0.327 e. The molecule has 1 heteroatoms. The Morgan fingerprint density at radius 2 is 1.27 bits per heavy atom. The van der Waals surface area contributed by atoms with Gasteiger partial charge in [-0.15, -0.1) is 0 Å². The molecule has 2 N–H and O–H groups in total. The second kappa shape index (κ2) is 13.7. The molecule has 0 saturated heterocycles. The summed E-state index contributed by atoms with van der Waals surface area (Å²) in [5, 5.41) is 0. The van der Waals surface area contributed by atoms with Crippen LogP contribution in [-0.4, -0.2) is 6.54 Å². The van der Waals surface area contributed by atoms with Gasteiger partial charge in [-0.25, -0.2) is 0 Å². The second-order valence-electron chi connectivity index (χ2n) is 4.32. The first-order chi connectivity index (χ1) is 7.41. The molecule has 0 heterocycles. The zero-order valence-electron chi connectivity index (χ0n) is 10.5. The van der Waals surface area contributed by atoms with E-state index in [-0.39, 0.29) is 0 Å². The Bertz CT molecular complexity index is 129. The van der Waals surface area contributed by atoms with E-state index in [1.165, 1.54) is 64.2 Å². The Hall–Kier alpha value is -0.300. The number of nitrogens with two attached hydrogens (primary N) is 1. The van der Waals surface area contributed by atoms with E-state index < -0.39 is 0 Å². The fourth-order valence-corrected chi connectivity index (χ4v) is 1.79.